The summed E-state index contributed by atoms with van der Waals surface area (Å²) in [7, 11) is 0. The molecular formula is C14H11FN2. The molecule has 0 unspecified atom stereocenters. The SMILES string of the molecule is N#Cc1cccc(-c2cc(F)ccc2CN)c1. The van der Waals surface area contributed by atoms with E-state index in [0.717, 1.165) is 16.7 Å². The normalized spacial score (nSPS) is 9.94. The molecule has 0 bridgehead atoms. The molecule has 0 amide bonds. The molecule has 0 aliphatic heterocycles. The molecule has 0 heterocycles. The van der Waals surface area contributed by atoms with Crippen LogP contribution in [0.2, 0.25) is 0 Å². The summed E-state index contributed by atoms with van der Waals surface area (Å²) in [5.74, 6) is -0.306. The summed E-state index contributed by atoms with van der Waals surface area (Å²) in [6.07, 6.45) is 0. The van der Waals surface area contributed by atoms with E-state index in [4.69, 9.17) is 11.0 Å². The van der Waals surface area contributed by atoms with Crippen LogP contribution >= 0.6 is 0 Å². The lowest BCUT2D eigenvalue weighted by atomic mass is 9.98. The van der Waals surface area contributed by atoms with Gasteiger partial charge in [0.1, 0.15) is 5.82 Å². The van der Waals surface area contributed by atoms with Crippen molar-refractivity contribution in [1.29, 1.82) is 5.26 Å². The van der Waals surface area contributed by atoms with Crippen molar-refractivity contribution in [2.45, 2.75) is 6.54 Å². The van der Waals surface area contributed by atoms with Gasteiger partial charge in [-0.2, -0.15) is 5.26 Å². The Morgan fingerprint density at radius 2 is 2.00 bits per heavy atom. The first-order chi connectivity index (χ1) is 8.24. The molecule has 84 valence electrons. The van der Waals surface area contributed by atoms with Crippen molar-refractivity contribution in [3.8, 4) is 17.2 Å². The van der Waals surface area contributed by atoms with Crippen LogP contribution in [0.25, 0.3) is 11.1 Å². The van der Waals surface area contributed by atoms with Crippen LogP contribution in [0.5, 0.6) is 0 Å². The van der Waals surface area contributed by atoms with Gasteiger partial charge in [-0.3, -0.25) is 0 Å². The number of hydrogen-bond acceptors (Lipinski definition) is 2. The van der Waals surface area contributed by atoms with E-state index in [1.54, 1.807) is 24.3 Å². The molecule has 3 heteroatoms. The summed E-state index contributed by atoms with van der Waals surface area (Å²) < 4.78 is 13.2. The van der Waals surface area contributed by atoms with Gasteiger partial charge in [0.2, 0.25) is 0 Å². The summed E-state index contributed by atoms with van der Waals surface area (Å²) in [6.45, 7) is 0.340. The fourth-order valence-electron chi connectivity index (χ4n) is 1.75. The molecule has 2 nitrogen and oxygen atoms in total. The number of halogens is 1. The Morgan fingerprint density at radius 3 is 2.71 bits per heavy atom. The zero-order valence-corrected chi connectivity index (χ0v) is 9.15. The van der Waals surface area contributed by atoms with Crippen LogP contribution in [0.3, 0.4) is 0 Å². The Kier molecular flexibility index (Phi) is 3.17. The van der Waals surface area contributed by atoms with E-state index in [1.165, 1.54) is 12.1 Å². The highest BCUT2D eigenvalue weighted by Gasteiger charge is 2.06. The van der Waals surface area contributed by atoms with Crippen molar-refractivity contribution in [3.63, 3.8) is 0 Å². The van der Waals surface area contributed by atoms with Crippen LogP contribution in [0.4, 0.5) is 4.39 Å². The molecule has 2 aromatic rings. The zero-order valence-electron chi connectivity index (χ0n) is 9.15. The predicted octanol–water partition coefficient (Wildman–Crippen LogP) is 2.82. The van der Waals surface area contributed by atoms with Gasteiger partial charge in [0, 0.05) is 6.54 Å². The molecule has 2 rings (SSSR count). The summed E-state index contributed by atoms with van der Waals surface area (Å²) in [4.78, 5) is 0. The van der Waals surface area contributed by atoms with E-state index in [9.17, 15) is 4.39 Å². The molecule has 2 N–H and O–H groups in total. The monoisotopic (exact) mass is 226 g/mol. The lowest BCUT2D eigenvalue weighted by Crippen LogP contribution is -1.99. The number of nitrogens with two attached hydrogens (primary N) is 1. The van der Waals surface area contributed by atoms with Crippen molar-refractivity contribution in [2.24, 2.45) is 5.73 Å². The van der Waals surface area contributed by atoms with Gasteiger partial charge < -0.3 is 5.73 Å². The van der Waals surface area contributed by atoms with Gasteiger partial charge in [-0.15, -0.1) is 0 Å². The van der Waals surface area contributed by atoms with Gasteiger partial charge in [0.05, 0.1) is 11.6 Å². The van der Waals surface area contributed by atoms with E-state index in [1.807, 2.05) is 6.07 Å². The topological polar surface area (TPSA) is 49.8 Å². The fourth-order valence-corrected chi connectivity index (χ4v) is 1.75. The quantitative estimate of drug-likeness (QED) is 0.856. The highest BCUT2D eigenvalue weighted by Crippen LogP contribution is 2.25. The van der Waals surface area contributed by atoms with Gasteiger partial charge in [-0.1, -0.05) is 18.2 Å². The van der Waals surface area contributed by atoms with Gasteiger partial charge in [0.15, 0.2) is 0 Å². The summed E-state index contributed by atoms with van der Waals surface area (Å²) in [5, 5.41) is 8.84. The minimum absolute atomic E-state index is 0.306. The van der Waals surface area contributed by atoms with Crippen LogP contribution in [-0.4, -0.2) is 0 Å². The van der Waals surface area contributed by atoms with E-state index >= 15 is 0 Å². The second-order valence-electron chi connectivity index (χ2n) is 3.70. The highest BCUT2D eigenvalue weighted by molar-refractivity contribution is 5.68. The van der Waals surface area contributed by atoms with Crippen molar-refractivity contribution in [3.05, 3.63) is 59.4 Å². The summed E-state index contributed by atoms with van der Waals surface area (Å²) in [5.41, 5.74) is 8.58. The molecular weight excluding hydrogens is 215 g/mol. The average Bonchev–Trinajstić information content (AvgIpc) is 2.39. The third-order valence-electron chi connectivity index (χ3n) is 2.59. The predicted molar refractivity (Wildman–Crippen MR) is 64.4 cm³/mol. The van der Waals surface area contributed by atoms with E-state index in [-0.39, 0.29) is 5.82 Å². The summed E-state index contributed by atoms with van der Waals surface area (Å²) >= 11 is 0. The van der Waals surface area contributed by atoms with Crippen LogP contribution in [0, 0.1) is 17.1 Å². The zero-order chi connectivity index (χ0) is 12.3. The maximum Gasteiger partial charge on any atom is 0.123 e. The fraction of sp³-hybridized carbons (Fsp3) is 0.0714. The van der Waals surface area contributed by atoms with Crippen molar-refractivity contribution >= 4 is 0 Å². The number of hydrogen-bond donors (Lipinski definition) is 1. The Hall–Kier alpha value is -2.18. The Balaban J connectivity index is 2.59. The Labute approximate surface area is 99.1 Å². The molecule has 0 radical (unpaired) electrons. The lowest BCUT2D eigenvalue weighted by molar-refractivity contribution is 0.627. The standard InChI is InChI=1S/C14H11FN2/c15-13-5-4-12(9-17)14(7-13)11-3-1-2-10(6-11)8-16/h1-7H,9,17H2. The van der Waals surface area contributed by atoms with E-state index < -0.39 is 0 Å². The van der Waals surface area contributed by atoms with Crippen molar-refractivity contribution in [2.75, 3.05) is 0 Å². The molecule has 17 heavy (non-hydrogen) atoms. The number of rotatable bonds is 2. The van der Waals surface area contributed by atoms with Crippen LogP contribution in [-0.2, 0) is 6.54 Å². The molecule has 0 atom stereocenters. The maximum atomic E-state index is 13.2. The van der Waals surface area contributed by atoms with Crippen LogP contribution < -0.4 is 5.73 Å². The number of nitriles is 1. The van der Waals surface area contributed by atoms with Gasteiger partial charge in [0.25, 0.3) is 0 Å². The van der Waals surface area contributed by atoms with Gasteiger partial charge in [-0.05, 0) is 41.0 Å². The highest BCUT2D eigenvalue weighted by atomic mass is 19.1. The third kappa shape index (κ3) is 2.32. The lowest BCUT2D eigenvalue weighted by Gasteiger charge is -2.08. The molecule has 0 aliphatic rings. The second kappa shape index (κ2) is 4.77. The van der Waals surface area contributed by atoms with E-state index in [0.29, 0.717) is 12.1 Å². The summed E-state index contributed by atoms with van der Waals surface area (Å²) in [6, 6.07) is 13.6. The minimum Gasteiger partial charge on any atom is -0.326 e. The maximum absolute atomic E-state index is 13.2. The number of benzene rings is 2. The molecule has 0 saturated carbocycles. The molecule has 0 fully saturated rings. The second-order valence-corrected chi connectivity index (χ2v) is 3.70. The number of nitrogens with zero attached hydrogens (tertiary/aromatic N) is 1. The Bertz CT molecular complexity index is 585. The average molecular weight is 226 g/mol. The first-order valence-electron chi connectivity index (χ1n) is 5.23. The van der Waals surface area contributed by atoms with Gasteiger partial charge >= 0.3 is 0 Å². The molecule has 0 saturated heterocycles. The smallest absolute Gasteiger partial charge is 0.123 e. The van der Waals surface area contributed by atoms with Crippen LogP contribution in [0.1, 0.15) is 11.1 Å². The molecule has 2 aromatic carbocycles. The third-order valence-corrected chi connectivity index (χ3v) is 2.59. The van der Waals surface area contributed by atoms with Crippen molar-refractivity contribution < 1.29 is 4.39 Å². The first kappa shape index (κ1) is 11.3. The molecule has 0 aromatic heterocycles. The largest absolute Gasteiger partial charge is 0.326 e. The Morgan fingerprint density at radius 1 is 1.18 bits per heavy atom. The van der Waals surface area contributed by atoms with Crippen LogP contribution in [0.15, 0.2) is 42.5 Å². The molecule has 0 spiro atoms. The first-order valence-corrected chi connectivity index (χ1v) is 5.23. The van der Waals surface area contributed by atoms with Crippen molar-refractivity contribution in [1.82, 2.24) is 0 Å². The molecule has 0 aliphatic carbocycles. The minimum atomic E-state index is -0.306. The van der Waals surface area contributed by atoms with Gasteiger partial charge in [-0.25, -0.2) is 4.39 Å². The van der Waals surface area contributed by atoms with E-state index in [2.05, 4.69) is 6.07 Å².